The van der Waals surface area contributed by atoms with Gasteiger partial charge in [0.15, 0.2) is 0 Å². The predicted molar refractivity (Wildman–Crippen MR) is 183 cm³/mol. The lowest BCUT2D eigenvalue weighted by Crippen LogP contribution is -2.55. The molecule has 3 aromatic carbocycles. The summed E-state index contributed by atoms with van der Waals surface area (Å²) in [7, 11) is -2.30. The molecule has 3 rings (SSSR count). The topological polar surface area (TPSA) is 205 Å². The van der Waals surface area contributed by atoms with Gasteiger partial charge in [0.2, 0.25) is 11.8 Å². The SMILES string of the molecule is CCN(C(=O)CNS(=O)(=O)NC(=O)N[C@@H](Cc1cc(F)cc(F)c1)C(=O)N(CC)c1ccc(NC(=O)OC)cc1)c1ccc(NC(=O)OC)cc1. The van der Waals surface area contributed by atoms with Crippen LogP contribution in [0.4, 0.5) is 45.9 Å². The lowest BCUT2D eigenvalue weighted by atomic mass is 10.0. The number of amides is 6. The summed E-state index contributed by atoms with van der Waals surface area (Å²) in [6.45, 7) is 2.69. The number of hydrogen-bond donors (Lipinski definition) is 5. The standard InChI is InChI=1S/C32H37F2N7O9S/c1-5-40(25-11-7-23(8-12-25)36-31(45)49-3)28(42)19-35-51(47,48)39-30(44)38-27(17-20-15-21(33)18-22(34)16-20)29(43)41(6-2)26-13-9-24(10-14-26)37-32(46)50-4/h7-16,18,27,35H,5-6,17,19H2,1-4H3,(H,36,45)(H,37,46)(H2,38,39,44)/t27-/m0/s1. The number of urea groups is 1. The monoisotopic (exact) mass is 733 g/mol. The number of methoxy groups -OCH3 is 2. The zero-order valence-corrected chi connectivity index (χ0v) is 28.8. The van der Waals surface area contributed by atoms with Gasteiger partial charge in [-0.3, -0.25) is 20.2 Å². The van der Waals surface area contributed by atoms with Gasteiger partial charge < -0.3 is 24.6 Å². The van der Waals surface area contributed by atoms with Crippen LogP contribution in [0.5, 0.6) is 0 Å². The van der Waals surface area contributed by atoms with E-state index in [4.69, 9.17) is 0 Å². The molecule has 274 valence electrons. The van der Waals surface area contributed by atoms with Crippen molar-refractivity contribution in [2.75, 3.05) is 54.3 Å². The second-order valence-corrected chi connectivity index (χ2v) is 12.0. The highest BCUT2D eigenvalue weighted by Crippen LogP contribution is 2.21. The molecule has 6 amide bonds. The number of benzene rings is 3. The third kappa shape index (κ3) is 11.9. The van der Waals surface area contributed by atoms with Gasteiger partial charge in [-0.1, -0.05) is 0 Å². The molecule has 0 saturated carbocycles. The first-order valence-electron chi connectivity index (χ1n) is 15.2. The van der Waals surface area contributed by atoms with Crippen LogP contribution in [0.2, 0.25) is 0 Å². The van der Waals surface area contributed by atoms with Gasteiger partial charge in [-0.25, -0.2) is 27.9 Å². The Hall–Kier alpha value is -5.82. The van der Waals surface area contributed by atoms with Crippen molar-refractivity contribution in [2.45, 2.75) is 26.3 Å². The van der Waals surface area contributed by atoms with E-state index in [-0.39, 0.29) is 18.7 Å². The number of rotatable bonds is 14. The molecule has 5 N–H and O–H groups in total. The van der Waals surface area contributed by atoms with E-state index in [0.717, 1.165) is 12.1 Å². The molecule has 0 saturated heterocycles. The van der Waals surface area contributed by atoms with E-state index in [9.17, 15) is 41.2 Å². The molecule has 0 unspecified atom stereocenters. The Kier molecular flexibility index (Phi) is 14.2. The number of anilines is 4. The van der Waals surface area contributed by atoms with Crippen molar-refractivity contribution in [3.63, 3.8) is 0 Å². The minimum Gasteiger partial charge on any atom is -0.453 e. The molecule has 0 fully saturated rings. The smallest absolute Gasteiger partial charge is 0.411 e. The maximum atomic E-state index is 14.0. The van der Waals surface area contributed by atoms with E-state index < -0.39 is 70.9 Å². The maximum absolute atomic E-state index is 14.0. The lowest BCUT2D eigenvalue weighted by molar-refractivity contribution is -0.120. The summed E-state index contributed by atoms with van der Waals surface area (Å²) in [5.74, 6) is -3.33. The fourth-order valence-electron chi connectivity index (χ4n) is 4.71. The van der Waals surface area contributed by atoms with Gasteiger partial charge in [0.25, 0.3) is 0 Å². The van der Waals surface area contributed by atoms with Crippen LogP contribution in [-0.4, -0.2) is 78.3 Å². The van der Waals surface area contributed by atoms with E-state index in [1.54, 1.807) is 18.6 Å². The summed E-state index contributed by atoms with van der Waals surface area (Å²) in [5.41, 5.74) is 1.42. The van der Waals surface area contributed by atoms with Gasteiger partial charge in [-0.05, 0) is 80.1 Å². The van der Waals surface area contributed by atoms with E-state index in [1.807, 2.05) is 4.72 Å². The maximum Gasteiger partial charge on any atom is 0.411 e. The van der Waals surface area contributed by atoms with Crippen molar-refractivity contribution < 1.29 is 50.6 Å². The van der Waals surface area contributed by atoms with Gasteiger partial charge in [0.1, 0.15) is 17.7 Å². The molecule has 1 atom stereocenters. The molecule has 19 heteroatoms. The number of carbonyl (C=O) groups excluding carboxylic acids is 5. The number of nitrogens with zero attached hydrogens (tertiary/aromatic N) is 2. The van der Waals surface area contributed by atoms with Gasteiger partial charge in [-0.15, -0.1) is 0 Å². The summed E-state index contributed by atoms with van der Waals surface area (Å²) < 4.78 is 66.3. The molecule has 0 aliphatic rings. The third-order valence-corrected chi connectivity index (χ3v) is 8.01. The van der Waals surface area contributed by atoms with E-state index in [2.05, 4.69) is 25.4 Å². The van der Waals surface area contributed by atoms with Gasteiger partial charge in [-0.2, -0.15) is 13.1 Å². The second kappa shape index (κ2) is 18.3. The molecule has 0 radical (unpaired) electrons. The Balaban J connectivity index is 1.74. The normalized spacial score (nSPS) is 11.4. The summed E-state index contributed by atoms with van der Waals surface area (Å²) in [5, 5.41) is 7.16. The number of nitrogens with one attached hydrogen (secondary N) is 5. The lowest BCUT2D eigenvalue weighted by Gasteiger charge is -2.27. The summed E-state index contributed by atoms with van der Waals surface area (Å²) >= 11 is 0. The molecule has 3 aromatic rings. The molecule has 0 spiro atoms. The predicted octanol–water partition coefficient (Wildman–Crippen LogP) is 3.47. The highest BCUT2D eigenvalue weighted by molar-refractivity contribution is 7.88. The Labute approximate surface area is 292 Å². The van der Waals surface area contributed by atoms with Crippen LogP contribution in [0.1, 0.15) is 19.4 Å². The molecular formula is C32H37F2N7O9S. The van der Waals surface area contributed by atoms with Crippen LogP contribution in [0.15, 0.2) is 66.7 Å². The molecule has 16 nitrogen and oxygen atoms in total. The van der Waals surface area contributed by atoms with Crippen molar-refractivity contribution in [3.8, 4) is 0 Å². The van der Waals surface area contributed by atoms with Crippen molar-refractivity contribution >= 4 is 63.0 Å². The second-order valence-electron chi connectivity index (χ2n) is 10.5. The van der Waals surface area contributed by atoms with E-state index >= 15 is 0 Å². The fraction of sp³-hybridized carbons (Fsp3) is 0.281. The zero-order valence-electron chi connectivity index (χ0n) is 28.0. The van der Waals surface area contributed by atoms with E-state index in [1.165, 1.54) is 72.6 Å². The Morgan fingerprint density at radius 3 is 1.67 bits per heavy atom. The number of carbonyl (C=O) groups is 5. The third-order valence-electron chi connectivity index (χ3n) is 7.03. The van der Waals surface area contributed by atoms with Crippen molar-refractivity contribution in [2.24, 2.45) is 0 Å². The molecule has 0 aliphatic carbocycles. The Morgan fingerprint density at radius 2 is 1.22 bits per heavy atom. The van der Waals surface area contributed by atoms with Crippen molar-refractivity contribution in [1.29, 1.82) is 0 Å². The van der Waals surface area contributed by atoms with E-state index in [0.29, 0.717) is 28.8 Å². The van der Waals surface area contributed by atoms with Gasteiger partial charge in [0.05, 0.1) is 20.8 Å². The zero-order chi connectivity index (χ0) is 37.7. The number of halogens is 2. The van der Waals surface area contributed by atoms with Crippen LogP contribution in [-0.2, 0) is 35.7 Å². The first kappa shape index (κ1) is 39.6. The first-order valence-corrected chi connectivity index (χ1v) is 16.7. The largest absolute Gasteiger partial charge is 0.453 e. The molecular weight excluding hydrogens is 696 g/mol. The van der Waals surface area contributed by atoms with Crippen LogP contribution < -0.4 is 35.2 Å². The van der Waals surface area contributed by atoms with Crippen molar-refractivity contribution in [3.05, 3.63) is 83.9 Å². The average Bonchev–Trinajstić information content (AvgIpc) is 3.08. The minimum absolute atomic E-state index is 0.0137. The summed E-state index contributed by atoms with van der Waals surface area (Å²) in [6, 6.07) is 11.6. The molecule has 0 aromatic heterocycles. The van der Waals surface area contributed by atoms with Crippen LogP contribution >= 0.6 is 0 Å². The molecule has 0 aliphatic heterocycles. The quantitative estimate of drug-likeness (QED) is 0.164. The van der Waals surface area contributed by atoms with Crippen LogP contribution in [0.25, 0.3) is 0 Å². The number of hydrogen-bond acceptors (Lipinski definition) is 9. The van der Waals surface area contributed by atoms with Gasteiger partial charge >= 0.3 is 28.4 Å². The fourth-order valence-corrected chi connectivity index (χ4v) is 5.40. The first-order chi connectivity index (χ1) is 24.2. The van der Waals surface area contributed by atoms with Crippen LogP contribution in [0, 0.1) is 11.6 Å². The van der Waals surface area contributed by atoms with Gasteiger partial charge in [0, 0.05) is 48.3 Å². The molecule has 0 bridgehead atoms. The minimum atomic E-state index is -4.69. The molecule has 0 heterocycles. The summed E-state index contributed by atoms with van der Waals surface area (Å²) in [4.78, 5) is 65.1. The average molecular weight is 734 g/mol. The Bertz CT molecular complexity index is 1810. The highest BCUT2D eigenvalue weighted by atomic mass is 32.2. The molecule has 51 heavy (non-hydrogen) atoms. The van der Waals surface area contributed by atoms with Crippen LogP contribution in [0.3, 0.4) is 0 Å². The van der Waals surface area contributed by atoms with Crippen molar-refractivity contribution in [1.82, 2.24) is 14.8 Å². The number of ether oxygens (including phenoxy) is 2. The number of likely N-dealkylation sites (N-methyl/N-ethyl adjacent to an activating group) is 2. The Morgan fingerprint density at radius 1 is 0.745 bits per heavy atom. The summed E-state index contributed by atoms with van der Waals surface area (Å²) in [6.07, 6.45) is -1.86. The highest BCUT2D eigenvalue weighted by Gasteiger charge is 2.29.